The van der Waals surface area contributed by atoms with Gasteiger partial charge >= 0.3 is 0 Å². The van der Waals surface area contributed by atoms with E-state index in [-0.39, 0.29) is 11.2 Å². The predicted molar refractivity (Wildman–Crippen MR) is 92.5 cm³/mol. The number of ether oxygens (including phenoxy) is 2. The third-order valence-corrected chi connectivity index (χ3v) is 4.05. The Morgan fingerprint density at radius 1 is 1.09 bits per heavy atom. The van der Waals surface area contributed by atoms with Gasteiger partial charge in [-0.1, -0.05) is 13.3 Å². The Morgan fingerprint density at radius 3 is 2.36 bits per heavy atom. The third-order valence-electron chi connectivity index (χ3n) is 4.05. The minimum Gasteiger partial charge on any atom is -0.373 e. The standard InChI is InChI=1S/C17H35N3O2/c1-8-9-16(2,3)22-14-17(4,5)21-13-12-20-11-10-19(7)15(20)18-6/h8-14H2,1-7H3. The molecule has 130 valence electrons. The van der Waals surface area contributed by atoms with Crippen LogP contribution in [0.1, 0.15) is 47.5 Å². The molecule has 0 spiro atoms. The van der Waals surface area contributed by atoms with Crippen molar-refractivity contribution in [2.75, 3.05) is 46.9 Å². The quantitative estimate of drug-likeness (QED) is 0.656. The monoisotopic (exact) mass is 313 g/mol. The van der Waals surface area contributed by atoms with Crippen molar-refractivity contribution in [2.24, 2.45) is 4.99 Å². The summed E-state index contributed by atoms with van der Waals surface area (Å²) in [7, 11) is 3.93. The van der Waals surface area contributed by atoms with Gasteiger partial charge in [0.05, 0.1) is 24.4 Å². The minimum absolute atomic E-state index is 0.0743. The second kappa shape index (κ2) is 8.16. The molecule has 0 unspecified atom stereocenters. The van der Waals surface area contributed by atoms with Crippen LogP contribution in [0.25, 0.3) is 0 Å². The molecule has 0 saturated carbocycles. The van der Waals surface area contributed by atoms with Gasteiger partial charge in [-0.3, -0.25) is 4.99 Å². The lowest BCUT2D eigenvalue weighted by molar-refractivity contribution is -0.123. The molecule has 0 aliphatic carbocycles. The smallest absolute Gasteiger partial charge is 0.196 e. The highest BCUT2D eigenvalue weighted by molar-refractivity contribution is 5.81. The lowest BCUT2D eigenvalue weighted by Crippen LogP contribution is -2.39. The van der Waals surface area contributed by atoms with E-state index in [1.165, 1.54) is 0 Å². The number of rotatable bonds is 9. The highest BCUT2D eigenvalue weighted by Gasteiger charge is 2.26. The van der Waals surface area contributed by atoms with Crippen molar-refractivity contribution in [2.45, 2.75) is 58.7 Å². The molecule has 1 fully saturated rings. The number of nitrogens with zero attached hydrogens (tertiary/aromatic N) is 3. The topological polar surface area (TPSA) is 37.3 Å². The van der Waals surface area contributed by atoms with E-state index in [1.807, 2.05) is 7.05 Å². The van der Waals surface area contributed by atoms with Gasteiger partial charge in [0.25, 0.3) is 0 Å². The maximum atomic E-state index is 6.05. The Bertz CT molecular complexity index is 367. The molecule has 0 aromatic heterocycles. The van der Waals surface area contributed by atoms with Crippen LogP contribution >= 0.6 is 0 Å². The summed E-state index contributed by atoms with van der Waals surface area (Å²) in [4.78, 5) is 8.80. The molecular formula is C17H35N3O2. The first-order valence-corrected chi connectivity index (χ1v) is 8.41. The van der Waals surface area contributed by atoms with Crippen molar-refractivity contribution in [3.05, 3.63) is 0 Å². The second-order valence-corrected chi connectivity index (χ2v) is 7.34. The largest absolute Gasteiger partial charge is 0.373 e. The van der Waals surface area contributed by atoms with E-state index in [4.69, 9.17) is 9.47 Å². The Hall–Kier alpha value is -0.810. The molecule has 0 amide bonds. The summed E-state index contributed by atoms with van der Waals surface area (Å²) >= 11 is 0. The van der Waals surface area contributed by atoms with Crippen LogP contribution in [0.3, 0.4) is 0 Å². The summed E-state index contributed by atoms with van der Waals surface area (Å²) in [5.41, 5.74) is -0.338. The molecule has 0 N–H and O–H groups in total. The van der Waals surface area contributed by atoms with Crippen LogP contribution in [0, 0.1) is 0 Å². The van der Waals surface area contributed by atoms with E-state index in [0.717, 1.165) is 38.4 Å². The molecule has 1 aliphatic heterocycles. The average molecular weight is 313 g/mol. The molecule has 0 aromatic carbocycles. The molecule has 0 radical (unpaired) electrons. The summed E-state index contributed by atoms with van der Waals surface area (Å²) in [5, 5.41) is 0. The van der Waals surface area contributed by atoms with Crippen LogP contribution in [0.5, 0.6) is 0 Å². The van der Waals surface area contributed by atoms with Gasteiger partial charge in [-0.15, -0.1) is 0 Å². The molecule has 1 heterocycles. The van der Waals surface area contributed by atoms with Crippen LogP contribution in [-0.2, 0) is 9.47 Å². The van der Waals surface area contributed by atoms with Crippen LogP contribution in [0.2, 0.25) is 0 Å². The molecule has 0 atom stereocenters. The number of guanidine groups is 1. The van der Waals surface area contributed by atoms with Crippen LogP contribution in [-0.4, -0.2) is 73.9 Å². The zero-order chi connectivity index (χ0) is 16.8. The van der Waals surface area contributed by atoms with Gasteiger partial charge in [-0.05, 0) is 34.1 Å². The zero-order valence-corrected chi connectivity index (χ0v) is 15.6. The van der Waals surface area contributed by atoms with Gasteiger partial charge in [-0.25, -0.2) is 0 Å². The Labute approximate surface area is 136 Å². The van der Waals surface area contributed by atoms with Gasteiger partial charge in [0.2, 0.25) is 0 Å². The SMILES string of the molecule is CCCC(C)(C)OCC(C)(C)OCCN1CCN(C)C1=NC. The Morgan fingerprint density at radius 2 is 1.77 bits per heavy atom. The van der Waals surface area contributed by atoms with Crippen molar-refractivity contribution in [1.29, 1.82) is 0 Å². The zero-order valence-electron chi connectivity index (χ0n) is 15.6. The van der Waals surface area contributed by atoms with Gasteiger partial charge in [0, 0.05) is 33.7 Å². The minimum atomic E-state index is -0.264. The summed E-state index contributed by atoms with van der Waals surface area (Å²) in [6.45, 7) is 14.9. The van der Waals surface area contributed by atoms with Crippen LogP contribution < -0.4 is 0 Å². The van der Waals surface area contributed by atoms with Gasteiger partial charge < -0.3 is 19.3 Å². The summed E-state index contributed by atoms with van der Waals surface area (Å²) in [5.74, 6) is 1.06. The van der Waals surface area contributed by atoms with Crippen LogP contribution in [0.4, 0.5) is 0 Å². The fraction of sp³-hybridized carbons (Fsp3) is 0.941. The number of hydrogen-bond donors (Lipinski definition) is 0. The first-order valence-electron chi connectivity index (χ1n) is 8.41. The number of aliphatic imine (C=N–C) groups is 1. The molecule has 5 nitrogen and oxygen atoms in total. The first-order chi connectivity index (χ1) is 10.2. The fourth-order valence-electron chi connectivity index (χ4n) is 2.75. The summed E-state index contributed by atoms with van der Waals surface area (Å²) < 4.78 is 12.1. The highest BCUT2D eigenvalue weighted by atomic mass is 16.6. The van der Waals surface area contributed by atoms with E-state index in [2.05, 4.69) is 56.5 Å². The average Bonchev–Trinajstić information content (AvgIpc) is 2.77. The number of likely N-dealkylation sites (N-methyl/N-ethyl adjacent to an activating group) is 1. The molecule has 22 heavy (non-hydrogen) atoms. The second-order valence-electron chi connectivity index (χ2n) is 7.34. The highest BCUT2D eigenvalue weighted by Crippen LogP contribution is 2.20. The lowest BCUT2D eigenvalue weighted by Gasteiger charge is -2.32. The predicted octanol–water partition coefficient (Wildman–Crippen LogP) is 2.61. The summed E-state index contributed by atoms with van der Waals surface area (Å²) in [6, 6.07) is 0. The Balaban J connectivity index is 2.34. The van der Waals surface area contributed by atoms with Crippen molar-refractivity contribution < 1.29 is 9.47 Å². The van der Waals surface area contributed by atoms with Gasteiger partial charge in [-0.2, -0.15) is 0 Å². The normalized spacial score (nSPS) is 18.6. The van der Waals surface area contributed by atoms with Gasteiger partial charge in [0.1, 0.15) is 0 Å². The van der Waals surface area contributed by atoms with E-state index < -0.39 is 0 Å². The molecule has 1 saturated heterocycles. The lowest BCUT2D eigenvalue weighted by atomic mass is 10.0. The van der Waals surface area contributed by atoms with Crippen molar-refractivity contribution in [1.82, 2.24) is 9.80 Å². The molecular weight excluding hydrogens is 278 g/mol. The summed E-state index contributed by atoms with van der Waals surface area (Å²) in [6.07, 6.45) is 2.20. The van der Waals surface area contributed by atoms with Gasteiger partial charge in [0.15, 0.2) is 5.96 Å². The number of hydrogen-bond acceptors (Lipinski definition) is 3. The third kappa shape index (κ3) is 6.13. The fourth-order valence-corrected chi connectivity index (χ4v) is 2.75. The maximum Gasteiger partial charge on any atom is 0.196 e. The van der Waals surface area contributed by atoms with E-state index >= 15 is 0 Å². The maximum absolute atomic E-state index is 6.05. The molecule has 0 aromatic rings. The molecule has 5 heteroatoms. The van der Waals surface area contributed by atoms with E-state index in [0.29, 0.717) is 13.2 Å². The molecule has 1 rings (SSSR count). The van der Waals surface area contributed by atoms with E-state index in [1.54, 1.807) is 0 Å². The van der Waals surface area contributed by atoms with Crippen molar-refractivity contribution >= 4 is 5.96 Å². The van der Waals surface area contributed by atoms with Crippen molar-refractivity contribution in [3.63, 3.8) is 0 Å². The Kier molecular flexibility index (Phi) is 7.13. The first kappa shape index (κ1) is 19.2. The molecule has 0 bridgehead atoms. The molecule has 1 aliphatic rings. The van der Waals surface area contributed by atoms with E-state index in [9.17, 15) is 0 Å². The van der Waals surface area contributed by atoms with Crippen molar-refractivity contribution in [3.8, 4) is 0 Å². The van der Waals surface area contributed by atoms with Crippen LogP contribution in [0.15, 0.2) is 4.99 Å².